The van der Waals surface area contributed by atoms with E-state index in [9.17, 15) is 10.1 Å². The molecule has 1 atom stereocenters. The summed E-state index contributed by atoms with van der Waals surface area (Å²) in [5, 5.41) is 14.4. The van der Waals surface area contributed by atoms with Crippen LogP contribution in [0.5, 0.6) is 0 Å². The monoisotopic (exact) mass is 298 g/mol. The molecule has 1 N–H and O–H groups in total. The fourth-order valence-corrected chi connectivity index (χ4v) is 2.75. The average Bonchev–Trinajstić information content (AvgIpc) is 2.96. The number of benzene rings is 1. The van der Waals surface area contributed by atoms with Gasteiger partial charge >= 0.3 is 0 Å². The molecule has 3 rings (SSSR count). The van der Waals surface area contributed by atoms with E-state index >= 15 is 0 Å². The Morgan fingerprint density at radius 2 is 2.14 bits per heavy atom. The van der Waals surface area contributed by atoms with E-state index in [0.29, 0.717) is 11.6 Å². The van der Waals surface area contributed by atoms with Crippen LogP contribution in [0.25, 0.3) is 0 Å². The molecule has 114 valence electrons. The first-order valence-corrected chi connectivity index (χ1v) is 7.31. The van der Waals surface area contributed by atoms with Crippen LogP contribution in [0.4, 0.5) is 17.2 Å². The highest BCUT2D eigenvalue weighted by Gasteiger charge is 2.24. The Labute approximate surface area is 128 Å². The molecule has 0 saturated carbocycles. The van der Waals surface area contributed by atoms with Gasteiger partial charge in [-0.3, -0.25) is 10.1 Å². The van der Waals surface area contributed by atoms with Crippen molar-refractivity contribution >= 4 is 17.2 Å². The van der Waals surface area contributed by atoms with Crippen LogP contribution in [0, 0.1) is 17.0 Å². The van der Waals surface area contributed by atoms with E-state index < -0.39 is 4.92 Å². The van der Waals surface area contributed by atoms with E-state index in [-0.39, 0.29) is 5.69 Å². The number of aromatic nitrogens is 1. The van der Waals surface area contributed by atoms with Crippen molar-refractivity contribution in [1.29, 1.82) is 0 Å². The van der Waals surface area contributed by atoms with Gasteiger partial charge < -0.3 is 10.2 Å². The Bertz CT molecular complexity index is 675. The summed E-state index contributed by atoms with van der Waals surface area (Å²) in [6.07, 6.45) is 2.37. The number of para-hydroxylation sites is 1. The predicted octanol–water partition coefficient (Wildman–Crippen LogP) is 2.99. The maximum Gasteiger partial charge on any atom is 0.290 e. The molecule has 0 aliphatic carbocycles. The minimum absolute atomic E-state index is 0.0712. The minimum Gasteiger partial charge on any atom is -0.380 e. The summed E-state index contributed by atoms with van der Waals surface area (Å²) in [6.45, 7) is 3.49. The molecule has 1 saturated heterocycles. The Balaban J connectivity index is 1.67. The zero-order chi connectivity index (χ0) is 15.5. The van der Waals surface area contributed by atoms with Crippen molar-refractivity contribution < 1.29 is 4.92 Å². The third-order valence-electron chi connectivity index (χ3n) is 3.92. The van der Waals surface area contributed by atoms with Gasteiger partial charge in [0, 0.05) is 30.4 Å². The summed E-state index contributed by atoms with van der Waals surface area (Å²) in [6, 6.07) is 12.3. The number of aryl methyl sites for hydroxylation is 1. The quantitative estimate of drug-likeness (QED) is 0.694. The molecular weight excluding hydrogens is 280 g/mol. The Morgan fingerprint density at radius 3 is 2.82 bits per heavy atom. The molecule has 1 aliphatic rings. The number of nitrogens with one attached hydrogen (secondary N) is 1. The first-order valence-electron chi connectivity index (χ1n) is 7.31. The molecule has 0 bridgehead atoms. The van der Waals surface area contributed by atoms with Gasteiger partial charge in [0.05, 0.1) is 4.92 Å². The maximum atomic E-state index is 10.9. The van der Waals surface area contributed by atoms with Gasteiger partial charge in [0.2, 0.25) is 0 Å². The lowest BCUT2D eigenvalue weighted by molar-refractivity contribution is -0.385. The van der Waals surface area contributed by atoms with Crippen molar-refractivity contribution in [2.75, 3.05) is 23.3 Å². The van der Waals surface area contributed by atoms with Crippen LogP contribution >= 0.6 is 0 Å². The van der Waals surface area contributed by atoms with Gasteiger partial charge in [-0.1, -0.05) is 18.2 Å². The lowest BCUT2D eigenvalue weighted by Crippen LogP contribution is -2.26. The van der Waals surface area contributed by atoms with Crippen LogP contribution in [-0.4, -0.2) is 29.0 Å². The van der Waals surface area contributed by atoms with E-state index in [2.05, 4.69) is 27.3 Å². The Morgan fingerprint density at radius 1 is 1.36 bits per heavy atom. The van der Waals surface area contributed by atoms with Crippen molar-refractivity contribution in [1.82, 2.24) is 4.98 Å². The molecule has 6 nitrogen and oxygen atoms in total. The SMILES string of the molecule is Cc1cc(N2CCC(Nc3ccccc3)C2)ncc1[N+](=O)[O-]. The van der Waals surface area contributed by atoms with Crippen LogP contribution in [-0.2, 0) is 0 Å². The summed E-state index contributed by atoms with van der Waals surface area (Å²) in [5.41, 5.74) is 1.83. The smallest absolute Gasteiger partial charge is 0.290 e. The number of hydrogen-bond donors (Lipinski definition) is 1. The molecule has 0 amide bonds. The lowest BCUT2D eigenvalue weighted by atomic mass is 10.2. The molecule has 0 radical (unpaired) electrons. The third-order valence-corrected chi connectivity index (χ3v) is 3.92. The Kier molecular flexibility index (Phi) is 3.91. The van der Waals surface area contributed by atoms with Crippen LogP contribution < -0.4 is 10.2 Å². The molecule has 22 heavy (non-hydrogen) atoms. The summed E-state index contributed by atoms with van der Waals surface area (Å²) < 4.78 is 0. The molecule has 2 aromatic rings. The van der Waals surface area contributed by atoms with Crippen molar-refractivity contribution in [3.8, 4) is 0 Å². The second-order valence-electron chi connectivity index (χ2n) is 5.53. The highest BCUT2D eigenvalue weighted by atomic mass is 16.6. The summed E-state index contributed by atoms with van der Waals surface area (Å²) in [5.74, 6) is 0.806. The van der Waals surface area contributed by atoms with Crippen LogP contribution in [0.2, 0.25) is 0 Å². The minimum atomic E-state index is -0.393. The standard InChI is InChI=1S/C16H18N4O2/c1-12-9-16(17-10-15(12)20(21)22)19-8-7-14(11-19)18-13-5-3-2-4-6-13/h2-6,9-10,14,18H,7-8,11H2,1H3. The number of pyridine rings is 1. The van der Waals surface area contributed by atoms with E-state index in [4.69, 9.17) is 0 Å². The van der Waals surface area contributed by atoms with Gasteiger partial charge in [-0.2, -0.15) is 0 Å². The Hall–Kier alpha value is -2.63. The molecule has 1 fully saturated rings. The first kappa shape index (κ1) is 14.3. The number of rotatable bonds is 4. The number of nitrogens with zero attached hydrogens (tertiary/aromatic N) is 3. The zero-order valence-electron chi connectivity index (χ0n) is 12.4. The van der Waals surface area contributed by atoms with Crippen LogP contribution in [0.1, 0.15) is 12.0 Å². The summed E-state index contributed by atoms with van der Waals surface area (Å²) >= 11 is 0. The van der Waals surface area contributed by atoms with Crippen molar-refractivity contribution in [3.05, 3.63) is 58.3 Å². The number of hydrogen-bond acceptors (Lipinski definition) is 5. The second kappa shape index (κ2) is 6.01. The highest BCUT2D eigenvalue weighted by Crippen LogP contribution is 2.25. The van der Waals surface area contributed by atoms with Gasteiger partial charge in [-0.05, 0) is 31.5 Å². The van der Waals surface area contributed by atoms with E-state index in [1.54, 1.807) is 13.0 Å². The largest absolute Gasteiger partial charge is 0.380 e. The van der Waals surface area contributed by atoms with Crippen molar-refractivity contribution in [2.24, 2.45) is 0 Å². The molecule has 6 heteroatoms. The van der Waals surface area contributed by atoms with E-state index in [0.717, 1.165) is 31.0 Å². The predicted molar refractivity (Wildman–Crippen MR) is 86.3 cm³/mol. The lowest BCUT2D eigenvalue weighted by Gasteiger charge is -2.18. The fraction of sp³-hybridized carbons (Fsp3) is 0.312. The van der Waals surface area contributed by atoms with Gasteiger partial charge in [-0.15, -0.1) is 0 Å². The number of nitro groups is 1. The summed E-state index contributed by atoms with van der Waals surface area (Å²) in [7, 11) is 0. The fourth-order valence-electron chi connectivity index (χ4n) is 2.75. The normalized spacial score (nSPS) is 17.5. The highest BCUT2D eigenvalue weighted by molar-refractivity contribution is 5.51. The van der Waals surface area contributed by atoms with Gasteiger partial charge in [0.1, 0.15) is 12.0 Å². The molecule has 1 unspecified atom stereocenters. The molecular formula is C16H18N4O2. The number of anilines is 2. The van der Waals surface area contributed by atoms with Crippen molar-refractivity contribution in [2.45, 2.75) is 19.4 Å². The van der Waals surface area contributed by atoms with E-state index in [1.165, 1.54) is 6.20 Å². The average molecular weight is 298 g/mol. The van der Waals surface area contributed by atoms with Gasteiger partial charge in [-0.25, -0.2) is 4.98 Å². The van der Waals surface area contributed by atoms with Gasteiger partial charge in [0.25, 0.3) is 5.69 Å². The topological polar surface area (TPSA) is 71.3 Å². The first-order chi connectivity index (χ1) is 10.6. The van der Waals surface area contributed by atoms with Gasteiger partial charge in [0.15, 0.2) is 0 Å². The molecule has 1 aliphatic heterocycles. The summed E-state index contributed by atoms with van der Waals surface area (Å²) in [4.78, 5) is 16.9. The molecule has 2 heterocycles. The molecule has 0 spiro atoms. The second-order valence-corrected chi connectivity index (χ2v) is 5.53. The van der Waals surface area contributed by atoms with Crippen LogP contribution in [0.3, 0.4) is 0 Å². The van der Waals surface area contributed by atoms with Crippen LogP contribution in [0.15, 0.2) is 42.6 Å². The maximum absolute atomic E-state index is 10.9. The van der Waals surface area contributed by atoms with Crippen molar-refractivity contribution in [3.63, 3.8) is 0 Å². The van der Waals surface area contributed by atoms with E-state index in [1.807, 2.05) is 18.2 Å². The third kappa shape index (κ3) is 3.00. The molecule has 1 aromatic carbocycles. The molecule has 1 aromatic heterocycles. The zero-order valence-corrected chi connectivity index (χ0v) is 12.4.